The van der Waals surface area contributed by atoms with Crippen LogP contribution in [0.4, 0.5) is 0 Å². The zero-order valence-electron chi connectivity index (χ0n) is 16.8. The number of piperidine rings is 1. The summed E-state index contributed by atoms with van der Waals surface area (Å²) < 4.78 is 27.6. The molecule has 4 rings (SSSR count). The van der Waals surface area contributed by atoms with Crippen LogP contribution in [0.1, 0.15) is 43.7 Å². The van der Waals surface area contributed by atoms with Gasteiger partial charge >= 0.3 is 0 Å². The van der Waals surface area contributed by atoms with Crippen molar-refractivity contribution in [1.29, 1.82) is 0 Å². The number of fused-ring (bicyclic) bond motifs is 1. The summed E-state index contributed by atoms with van der Waals surface area (Å²) in [6.45, 7) is 5.34. The molecule has 1 atom stereocenters. The maximum absolute atomic E-state index is 13.0. The van der Waals surface area contributed by atoms with Gasteiger partial charge < -0.3 is 4.90 Å². The molecule has 7 heteroatoms. The van der Waals surface area contributed by atoms with Crippen LogP contribution in [0.5, 0.6) is 0 Å². The van der Waals surface area contributed by atoms with E-state index in [4.69, 9.17) is 0 Å². The molecule has 2 saturated heterocycles. The Balaban J connectivity index is 1.36. The highest BCUT2D eigenvalue weighted by Crippen LogP contribution is 2.27. The lowest BCUT2D eigenvalue weighted by atomic mass is 10.0. The molecule has 0 unspecified atom stereocenters. The van der Waals surface area contributed by atoms with Gasteiger partial charge in [-0.3, -0.25) is 9.69 Å². The van der Waals surface area contributed by atoms with E-state index in [1.54, 1.807) is 6.07 Å². The minimum absolute atomic E-state index is 0.128. The number of aryl methyl sites for hydroxylation is 2. The van der Waals surface area contributed by atoms with E-state index >= 15 is 0 Å². The first-order valence-electron chi connectivity index (χ1n) is 10.6. The van der Waals surface area contributed by atoms with Crippen LogP contribution in [0.15, 0.2) is 23.1 Å². The first-order valence-corrected chi connectivity index (χ1v) is 12.0. The van der Waals surface area contributed by atoms with Crippen LogP contribution in [0.3, 0.4) is 0 Å². The molecule has 0 spiro atoms. The quantitative estimate of drug-likeness (QED) is 0.767. The lowest BCUT2D eigenvalue weighted by molar-refractivity contribution is -0.134. The second kappa shape index (κ2) is 8.13. The van der Waals surface area contributed by atoms with E-state index in [0.717, 1.165) is 38.6 Å². The summed E-state index contributed by atoms with van der Waals surface area (Å²) in [5, 5.41) is 0. The number of benzene rings is 1. The van der Waals surface area contributed by atoms with E-state index in [0.29, 0.717) is 43.7 Å². The van der Waals surface area contributed by atoms with E-state index < -0.39 is 10.0 Å². The number of sulfonamides is 1. The second-order valence-electron chi connectivity index (χ2n) is 8.38. The van der Waals surface area contributed by atoms with Crippen molar-refractivity contribution in [2.24, 2.45) is 0 Å². The van der Waals surface area contributed by atoms with Crippen molar-refractivity contribution in [2.75, 3.05) is 39.3 Å². The van der Waals surface area contributed by atoms with Crippen molar-refractivity contribution in [3.05, 3.63) is 29.3 Å². The summed E-state index contributed by atoms with van der Waals surface area (Å²) in [6.07, 6.45) is 6.67. The average Bonchev–Trinajstić information content (AvgIpc) is 3.17. The SMILES string of the molecule is C[C@@H]1CCCCN1CC(=O)N1CCN(S(=O)(=O)c2ccc3c(c2)CCC3)CC1. The van der Waals surface area contributed by atoms with Gasteiger partial charge in [-0.25, -0.2) is 8.42 Å². The molecule has 6 nitrogen and oxygen atoms in total. The predicted molar refractivity (Wildman–Crippen MR) is 109 cm³/mol. The van der Waals surface area contributed by atoms with E-state index in [1.165, 1.54) is 21.9 Å². The predicted octanol–water partition coefficient (Wildman–Crippen LogP) is 1.88. The van der Waals surface area contributed by atoms with Gasteiger partial charge in [0.1, 0.15) is 0 Å². The van der Waals surface area contributed by atoms with Gasteiger partial charge in [-0.15, -0.1) is 0 Å². The fourth-order valence-electron chi connectivity index (χ4n) is 4.70. The standard InChI is InChI=1S/C21H31N3O3S/c1-17-5-2-3-10-23(17)16-21(25)22-11-13-24(14-12-22)28(26,27)20-9-8-18-6-4-7-19(18)15-20/h8-9,15,17H,2-7,10-14,16H2,1H3/t17-/m1/s1. The highest BCUT2D eigenvalue weighted by Gasteiger charge is 2.32. The van der Waals surface area contributed by atoms with Crippen molar-refractivity contribution in [2.45, 2.75) is 56.4 Å². The molecule has 0 aromatic heterocycles. The Labute approximate surface area is 168 Å². The number of hydrogen-bond acceptors (Lipinski definition) is 4. The molecule has 2 heterocycles. The zero-order chi connectivity index (χ0) is 19.7. The van der Waals surface area contributed by atoms with E-state index in [1.807, 2.05) is 17.0 Å². The Morgan fingerprint density at radius 3 is 2.50 bits per heavy atom. The van der Waals surface area contributed by atoms with Crippen LogP contribution < -0.4 is 0 Å². The van der Waals surface area contributed by atoms with Gasteiger partial charge in [-0.05, 0) is 68.8 Å². The van der Waals surface area contributed by atoms with E-state index in [9.17, 15) is 13.2 Å². The summed E-state index contributed by atoms with van der Waals surface area (Å²) >= 11 is 0. The molecule has 0 N–H and O–H groups in total. The van der Waals surface area contributed by atoms with Crippen LogP contribution in [-0.4, -0.2) is 73.7 Å². The lowest BCUT2D eigenvalue weighted by Gasteiger charge is -2.37. The van der Waals surface area contributed by atoms with Crippen molar-refractivity contribution >= 4 is 15.9 Å². The summed E-state index contributed by atoms with van der Waals surface area (Å²) in [5.41, 5.74) is 2.45. The molecule has 0 radical (unpaired) electrons. The molecule has 2 fully saturated rings. The largest absolute Gasteiger partial charge is 0.339 e. The van der Waals surface area contributed by atoms with Gasteiger partial charge in [0.25, 0.3) is 0 Å². The van der Waals surface area contributed by atoms with Gasteiger partial charge in [0.05, 0.1) is 11.4 Å². The topological polar surface area (TPSA) is 60.9 Å². The summed E-state index contributed by atoms with van der Waals surface area (Å²) in [7, 11) is -3.48. The van der Waals surface area contributed by atoms with Gasteiger partial charge in [-0.1, -0.05) is 12.5 Å². The van der Waals surface area contributed by atoms with Crippen molar-refractivity contribution in [3.8, 4) is 0 Å². The molecule has 2 aliphatic heterocycles. The molecule has 1 aromatic rings. The molecule has 154 valence electrons. The second-order valence-corrected chi connectivity index (χ2v) is 10.3. The molecular formula is C21H31N3O3S. The maximum atomic E-state index is 13.0. The third kappa shape index (κ3) is 3.98. The van der Waals surface area contributed by atoms with Crippen LogP contribution in [0, 0.1) is 0 Å². The fraction of sp³-hybridized carbons (Fsp3) is 0.667. The molecule has 0 saturated carbocycles. The van der Waals surface area contributed by atoms with Gasteiger partial charge in [0.15, 0.2) is 0 Å². The number of hydrogen-bond donors (Lipinski definition) is 0. The summed E-state index contributed by atoms with van der Waals surface area (Å²) in [6, 6.07) is 6.02. The minimum Gasteiger partial charge on any atom is -0.339 e. The number of amides is 1. The van der Waals surface area contributed by atoms with Crippen molar-refractivity contribution in [3.63, 3.8) is 0 Å². The number of likely N-dealkylation sites (tertiary alicyclic amines) is 1. The highest BCUT2D eigenvalue weighted by atomic mass is 32.2. The van der Waals surface area contributed by atoms with Crippen LogP contribution >= 0.6 is 0 Å². The van der Waals surface area contributed by atoms with Crippen LogP contribution in [0.2, 0.25) is 0 Å². The van der Waals surface area contributed by atoms with Gasteiger partial charge in [-0.2, -0.15) is 4.31 Å². The summed E-state index contributed by atoms with van der Waals surface area (Å²) in [4.78, 5) is 17.2. The Morgan fingerprint density at radius 1 is 1.00 bits per heavy atom. The molecule has 0 bridgehead atoms. The van der Waals surface area contributed by atoms with E-state index in [2.05, 4.69) is 11.8 Å². The monoisotopic (exact) mass is 405 g/mol. The third-order valence-electron chi connectivity index (χ3n) is 6.58. The molecule has 1 aliphatic carbocycles. The van der Waals surface area contributed by atoms with Crippen LogP contribution in [-0.2, 0) is 27.7 Å². The first kappa shape index (κ1) is 19.9. The number of carbonyl (C=O) groups excluding carboxylic acids is 1. The van der Waals surface area contributed by atoms with Gasteiger partial charge in [0.2, 0.25) is 15.9 Å². The maximum Gasteiger partial charge on any atom is 0.243 e. The van der Waals surface area contributed by atoms with Crippen molar-refractivity contribution in [1.82, 2.24) is 14.1 Å². The Kier molecular flexibility index (Phi) is 5.76. The number of nitrogens with zero attached hydrogens (tertiary/aromatic N) is 3. The fourth-order valence-corrected chi connectivity index (χ4v) is 6.18. The minimum atomic E-state index is -3.48. The van der Waals surface area contributed by atoms with Gasteiger partial charge in [0, 0.05) is 32.2 Å². The normalized spacial score (nSPS) is 24.3. The Bertz CT molecular complexity index is 831. The molecule has 1 amide bonds. The Morgan fingerprint density at radius 2 is 1.75 bits per heavy atom. The highest BCUT2D eigenvalue weighted by molar-refractivity contribution is 7.89. The van der Waals surface area contributed by atoms with E-state index in [-0.39, 0.29) is 5.91 Å². The van der Waals surface area contributed by atoms with Crippen LogP contribution in [0.25, 0.3) is 0 Å². The smallest absolute Gasteiger partial charge is 0.243 e. The number of rotatable bonds is 4. The number of carbonyl (C=O) groups is 1. The number of piperazine rings is 1. The summed E-state index contributed by atoms with van der Waals surface area (Å²) in [5.74, 6) is 0.128. The molecule has 28 heavy (non-hydrogen) atoms. The Hall–Kier alpha value is -1.44. The average molecular weight is 406 g/mol. The van der Waals surface area contributed by atoms with Crippen molar-refractivity contribution < 1.29 is 13.2 Å². The molecular weight excluding hydrogens is 374 g/mol. The third-order valence-corrected chi connectivity index (χ3v) is 8.47. The lowest BCUT2D eigenvalue weighted by Crippen LogP contribution is -2.53. The first-order chi connectivity index (χ1) is 13.4. The molecule has 3 aliphatic rings. The zero-order valence-corrected chi connectivity index (χ0v) is 17.6. The molecule has 1 aromatic carbocycles.